The molecule has 132 valence electrons. The Bertz CT molecular complexity index is 837. The topological polar surface area (TPSA) is 63.2 Å². The van der Waals surface area contributed by atoms with E-state index in [9.17, 15) is 4.79 Å². The fraction of sp³-hybridized carbons (Fsp3) is 0.100. The molecule has 3 aromatic rings. The first kappa shape index (κ1) is 17.8. The van der Waals surface area contributed by atoms with Gasteiger partial charge < -0.3 is 15.4 Å². The van der Waals surface area contributed by atoms with Crippen molar-refractivity contribution in [3.8, 4) is 5.75 Å². The first-order valence-corrected chi connectivity index (χ1v) is 8.48. The van der Waals surface area contributed by atoms with E-state index < -0.39 is 0 Å². The van der Waals surface area contributed by atoms with Crippen molar-refractivity contribution in [2.24, 2.45) is 0 Å². The fourth-order valence-electron chi connectivity index (χ4n) is 2.24. The molecule has 1 heterocycles. The minimum Gasteiger partial charge on any atom is -0.489 e. The summed E-state index contributed by atoms with van der Waals surface area (Å²) in [5, 5.41) is 6.25. The van der Waals surface area contributed by atoms with Gasteiger partial charge in [-0.3, -0.25) is 4.98 Å². The van der Waals surface area contributed by atoms with Crippen molar-refractivity contribution < 1.29 is 9.53 Å². The molecule has 0 atom stereocenters. The first-order chi connectivity index (χ1) is 12.7. The third kappa shape index (κ3) is 5.50. The molecule has 1 aromatic heterocycles. The molecule has 2 amide bonds. The number of rotatable bonds is 6. The van der Waals surface area contributed by atoms with Crippen LogP contribution in [0.15, 0.2) is 73.1 Å². The number of benzene rings is 2. The Kier molecular flexibility index (Phi) is 6.06. The summed E-state index contributed by atoms with van der Waals surface area (Å²) in [6.45, 7) is 0.873. The molecule has 3 rings (SSSR count). The van der Waals surface area contributed by atoms with Gasteiger partial charge in [-0.1, -0.05) is 29.8 Å². The number of anilines is 1. The molecule has 0 spiro atoms. The largest absolute Gasteiger partial charge is 0.489 e. The summed E-state index contributed by atoms with van der Waals surface area (Å²) < 4.78 is 5.69. The maximum absolute atomic E-state index is 12.0. The number of nitrogens with zero attached hydrogens (tertiary/aromatic N) is 1. The molecule has 2 N–H and O–H groups in total. The SMILES string of the molecule is O=C(NCc1ccc(Cl)cc1)Nc1ccc(OCc2cccnc2)cc1. The molecular formula is C20H18ClN3O2. The van der Waals surface area contributed by atoms with Gasteiger partial charge in [0.05, 0.1) is 0 Å². The van der Waals surface area contributed by atoms with Crippen LogP contribution in [0.4, 0.5) is 10.5 Å². The van der Waals surface area contributed by atoms with Crippen LogP contribution in [0.5, 0.6) is 5.75 Å². The van der Waals surface area contributed by atoms with Gasteiger partial charge >= 0.3 is 6.03 Å². The van der Waals surface area contributed by atoms with Crippen LogP contribution in [0.3, 0.4) is 0 Å². The molecule has 0 fully saturated rings. The van der Waals surface area contributed by atoms with Crippen LogP contribution < -0.4 is 15.4 Å². The van der Waals surface area contributed by atoms with Gasteiger partial charge in [0.1, 0.15) is 12.4 Å². The van der Waals surface area contributed by atoms with E-state index in [1.807, 2.05) is 36.4 Å². The van der Waals surface area contributed by atoms with Crippen molar-refractivity contribution >= 4 is 23.3 Å². The zero-order valence-corrected chi connectivity index (χ0v) is 14.7. The molecule has 0 bridgehead atoms. The van der Waals surface area contributed by atoms with E-state index in [2.05, 4.69) is 15.6 Å². The number of halogens is 1. The smallest absolute Gasteiger partial charge is 0.319 e. The number of hydrogen-bond donors (Lipinski definition) is 2. The molecule has 2 aromatic carbocycles. The fourth-order valence-corrected chi connectivity index (χ4v) is 2.37. The van der Waals surface area contributed by atoms with Gasteiger partial charge in [-0.15, -0.1) is 0 Å². The number of pyridine rings is 1. The van der Waals surface area contributed by atoms with Gasteiger partial charge in [0.25, 0.3) is 0 Å². The number of aromatic nitrogens is 1. The lowest BCUT2D eigenvalue weighted by Gasteiger charge is -2.09. The number of urea groups is 1. The summed E-state index contributed by atoms with van der Waals surface area (Å²) in [4.78, 5) is 16.0. The van der Waals surface area contributed by atoms with Gasteiger partial charge in [-0.25, -0.2) is 4.79 Å². The number of carbonyl (C=O) groups excluding carboxylic acids is 1. The van der Waals surface area contributed by atoms with Crippen molar-refractivity contribution in [2.75, 3.05) is 5.32 Å². The second kappa shape index (κ2) is 8.87. The third-order valence-corrected chi connectivity index (χ3v) is 3.86. The maximum Gasteiger partial charge on any atom is 0.319 e. The lowest BCUT2D eigenvalue weighted by Crippen LogP contribution is -2.28. The Morgan fingerprint density at radius 1 is 1.00 bits per heavy atom. The highest BCUT2D eigenvalue weighted by atomic mass is 35.5. The molecule has 0 aliphatic heterocycles. The molecule has 26 heavy (non-hydrogen) atoms. The first-order valence-electron chi connectivity index (χ1n) is 8.10. The highest BCUT2D eigenvalue weighted by molar-refractivity contribution is 6.30. The van der Waals surface area contributed by atoms with Crippen molar-refractivity contribution in [2.45, 2.75) is 13.2 Å². The average molecular weight is 368 g/mol. The predicted octanol–water partition coefficient (Wildman–Crippen LogP) is 4.64. The van der Waals surface area contributed by atoms with Gasteiger partial charge in [-0.2, -0.15) is 0 Å². The highest BCUT2D eigenvalue weighted by Crippen LogP contribution is 2.17. The summed E-state index contributed by atoms with van der Waals surface area (Å²) >= 11 is 5.84. The van der Waals surface area contributed by atoms with E-state index in [1.165, 1.54) is 0 Å². The zero-order valence-electron chi connectivity index (χ0n) is 14.0. The summed E-state index contributed by atoms with van der Waals surface area (Å²) in [6.07, 6.45) is 3.49. The Labute approximate surface area is 157 Å². The summed E-state index contributed by atoms with van der Waals surface area (Å²) in [5.41, 5.74) is 2.66. The second-order valence-electron chi connectivity index (χ2n) is 5.61. The average Bonchev–Trinajstić information content (AvgIpc) is 2.68. The molecule has 0 saturated carbocycles. The summed E-state index contributed by atoms with van der Waals surface area (Å²) in [6, 6.07) is 18.1. The molecule has 0 aliphatic rings. The van der Waals surface area contributed by atoms with E-state index in [1.54, 1.807) is 36.7 Å². The highest BCUT2D eigenvalue weighted by Gasteiger charge is 2.03. The van der Waals surface area contributed by atoms with E-state index in [-0.39, 0.29) is 6.03 Å². The standard InChI is InChI=1S/C20H18ClN3O2/c21-17-5-3-15(4-6-17)13-23-20(25)24-18-7-9-19(10-8-18)26-14-16-2-1-11-22-12-16/h1-12H,13-14H2,(H2,23,24,25). The number of nitrogens with one attached hydrogen (secondary N) is 2. The van der Waals surface area contributed by atoms with E-state index >= 15 is 0 Å². The van der Waals surface area contributed by atoms with Crippen molar-refractivity contribution in [3.05, 3.63) is 89.2 Å². The molecule has 0 aliphatic carbocycles. The predicted molar refractivity (Wildman–Crippen MR) is 102 cm³/mol. The Balaban J connectivity index is 1.45. The Hall–Kier alpha value is -3.05. The molecule has 0 unspecified atom stereocenters. The van der Waals surface area contributed by atoms with Gasteiger partial charge in [-0.05, 0) is 48.0 Å². The lowest BCUT2D eigenvalue weighted by atomic mass is 10.2. The third-order valence-electron chi connectivity index (χ3n) is 3.61. The van der Waals surface area contributed by atoms with Crippen LogP contribution in [-0.2, 0) is 13.2 Å². The minimum atomic E-state index is -0.274. The second-order valence-corrected chi connectivity index (χ2v) is 6.04. The molecule has 5 nitrogen and oxygen atoms in total. The van der Waals surface area contributed by atoms with Crippen LogP contribution in [0.25, 0.3) is 0 Å². The van der Waals surface area contributed by atoms with Crippen LogP contribution in [0.1, 0.15) is 11.1 Å². The van der Waals surface area contributed by atoms with Crippen molar-refractivity contribution in [1.82, 2.24) is 10.3 Å². The molecule has 0 radical (unpaired) electrons. The van der Waals surface area contributed by atoms with Crippen molar-refractivity contribution in [1.29, 1.82) is 0 Å². The van der Waals surface area contributed by atoms with Gasteiger partial charge in [0.15, 0.2) is 0 Å². The maximum atomic E-state index is 12.0. The normalized spacial score (nSPS) is 10.2. The monoisotopic (exact) mass is 367 g/mol. The molecule has 6 heteroatoms. The number of hydrogen-bond acceptors (Lipinski definition) is 3. The number of carbonyl (C=O) groups is 1. The molecule has 0 saturated heterocycles. The van der Waals surface area contributed by atoms with E-state index in [0.717, 1.165) is 16.9 Å². The van der Waals surface area contributed by atoms with Crippen LogP contribution >= 0.6 is 11.6 Å². The van der Waals surface area contributed by atoms with Crippen LogP contribution in [0.2, 0.25) is 5.02 Å². The number of ether oxygens (including phenoxy) is 1. The van der Waals surface area contributed by atoms with E-state index in [0.29, 0.717) is 23.9 Å². The Morgan fingerprint density at radius 2 is 1.77 bits per heavy atom. The van der Waals surface area contributed by atoms with Crippen LogP contribution in [0, 0.1) is 0 Å². The van der Waals surface area contributed by atoms with Crippen LogP contribution in [-0.4, -0.2) is 11.0 Å². The van der Waals surface area contributed by atoms with Crippen molar-refractivity contribution in [3.63, 3.8) is 0 Å². The minimum absolute atomic E-state index is 0.274. The number of amides is 2. The summed E-state index contributed by atoms with van der Waals surface area (Å²) in [7, 11) is 0. The van der Waals surface area contributed by atoms with Gasteiger partial charge in [0.2, 0.25) is 0 Å². The van der Waals surface area contributed by atoms with E-state index in [4.69, 9.17) is 16.3 Å². The Morgan fingerprint density at radius 3 is 2.46 bits per heavy atom. The lowest BCUT2D eigenvalue weighted by molar-refractivity contribution is 0.251. The zero-order chi connectivity index (χ0) is 18.2. The quantitative estimate of drug-likeness (QED) is 0.667. The summed E-state index contributed by atoms with van der Waals surface area (Å²) in [5.74, 6) is 0.723. The van der Waals surface area contributed by atoms with Gasteiger partial charge in [0, 0.05) is 35.2 Å². The molecular weight excluding hydrogens is 350 g/mol.